The molecule has 1 saturated heterocycles. The number of carboxylic acid groups (broad SMARTS) is 1. The van der Waals surface area contributed by atoms with Gasteiger partial charge in [0, 0.05) is 19.7 Å². The fraction of sp³-hybridized carbons (Fsp3) is 0.846. The maximum absolute atomic E-state index is 11.9. The van der Waals surface area contributed by atoms with Gasteiger partial charge in [-0.3, -0.25) is 9.59 Å². The monoisotopic (exact) mass is 273 g/mol. The number of ether oxygens (including phenoxy) is 2. The maximum atomic E-state index is 11.9. The normalized spacial score (nSPS) is 19.7. The van der Waals surface area contributed by atoms with Gasteiger partial charge in [-0.2, -0.15) is 0 Å². The van der Waals surface area contributed by atoms with E-state index >= 15 is 0 Å². The number of amides is 1. The van der Waals surface area contributed by atoms with Crippen molar-refractivity contribution in [3.8, 4) is 0 Å². The first-order chi connectivity index (χ1) is 8.99. The fourth-order valence-electron chi connectivity index (χ4n) is 1.90. The van der Waals surface area contributed by atoms with Gasteiger partial charge in [0.2, 0.25) is 5.91 Å². The van der Waals surface area contributed by atoms with E-state index < -0.39 is 12.1 Å². The van der Waals surface area contributed by atoms with Crippen molar-refractivity contribution in [1.82, 2.24) is 4.90 Å². The predicted molar refractivity (Wildman–Crippen MR) is 68.8 cm³/mol. The van der Waals surface area contributed by atoms with Gasteiger partial charge in [-0.15, -0.1) is 0 Å². The van der Waals surface area contributed by atoms with Crippen LogP contribution in [0.15, 0.2) is 0 Å². The number of carboxylic acids is 1. The number of rotatable bonds is 7. The summed E-state index contributed by atoms with van der Waals surface area (Å²) in [6.45, 7) is 6.46. The lowest BCUT2D eigenvalue weighted by molar-refractivity contribution is -0.148. The number of aliphatic carboxylic acids is 1. The van der Waals surface area contributed by atoms with Gasteiger partial charge in [0.05, 0.1) is 32.2 Å². The van der Waals surface area contributed by atoms with E-state index in [1.165, 1.54) is 0 Å². The highest BCUT2D eigenvalue weighted by Crippen LogP contribution is 2.10. The Kier molecular flexibility index (Phi) is 6.80. The van der Waals surface area contributed by atoms with Gasteiger partial charge in [0.1, 0.15) is 0 Å². The van der Waals surface area contributed by atoms with Crippen LogP contribution >= 0.6 is 0 Å². The minimum absolute atomic E-state index is 0.00226. The lowest BCUT2D eigenvalue weighted by Gasteiger charge is -2.32. The van der Waals surface area contributed by atoms with Crippen LogP contribution < -0.4 is 0 Å². The number of carbonyl (C=O) groups excluding carboxylic acids is 1. The molecule has 0 unspecified atom stereocenters. The molecule has 0 aliphatic carbocycles. The topological polar surface area (TPSA) is 76.1 Å². The van der Waals surface area contributed by atoms with E-state index in [-0.39, 0.29) is 12.3 Å². The Bertz CT molecular complexity index is 305. The second kappa shape index (κ2) is 8.12. The van der Waals surface area contributed by atoms with Crippen LogP contribution in [0.4, 0.5) is 0 Å². The zero-order chi connectivity index (χ0) is 14.3. The van der Waals surface area contributed by atoms with Crippen LogP contribution in [0.1, 0.15) is 26.7 Å². The summed E-state index contributed by atoms with van der Waals surface area (Å²) in [5.41, 5.74) is 0. The summed E-state index contributed by atoms with van der Waals surface area (Å²) in [7, 11) is 0. The third-order valence-corrected chi connectivity index (χ3v) is 2.81. The molecule has 1 atom stereocenters. The highest BCUT2D eigenvalue weighted by molar-refractivity contribution is 5.76. The van der Waals surface area contributed by atoms with E-state index in [4.69, 9.17) is 14.6 Å². The Balaban J connectivity index is 2.25. The molecule has 1 rings (SSSR count). The average Bonchev–Trinajstić information content (AvgIpc) is 2.33. The zero-order valence-electron chi connectivity index (χ0n) is 11.6. The number of hydrogen-bond donors (Lipinski definition) is 1. The molecule has 0 aromatic carbocycles. The summed E-state index contributed by atoms with van der Waals surface area (Å²) in [4.78, 5) is 24.2. The second-order valence-corrected chi connectivity index (χ2v) is 5.15. The molecule has 0 saturated carbocycles. The molecule has 6 heteroatoms. The number of hydrogen-bond acceptors (Lipinski definition) is 4. The summed E-state index contributed by atoms with van der Waals surface area (Å²) in [5.74, 6) is -0.444. The predicted octanol–water partition coefficient (Wildman–Crippen LogP) is 0.751. The van der Waals surface area contributed by atoms with Crippen LogP contribution in [-0.4, -0.2) is 60.9 Å². The van der Waals surface area contributed by atoms with E-state index in [1.54, 1.807) is 4.90 Å². The molecule has 1 amide bonds. The van der Waals surface area contributed by atoms with Crippen LogP contribution in [0.3, 0.4) is 0 Å². The standard InChI is InChI=1S/C13H23NO5/c1-10(2)9-18-5-3-12(15)14-4-6-19-11(8-14)7-13(16)17/h10-11H,3-9H2,1-2H3,(H,16,17)/t11-/m1/s1. The first-order valence-electron chi connectivity index (χ1n) is 6.68. The van der Waals surface area contributed by atoms with Crippen molar-refractivity contribution in [2.24, 2.45) is 5.92 Å². The molecule has 6 nitrogen and oxygen atoms in total. The summed E-state index contributed by atoms with van der Waals surface area (Å²) < 4.78 is 10.7. The van der Waals surface area contributed by atoms with Crippen molar-refractivity contribution >= 4 is 11.9 Å². The largest absolute Gasteiger partial charge is 0.481 e. The summed E-state index contributed by atoms with van der Waals surface area (Å²) in [6.07, 6.45) is -0.119. The maximum Gasteiger partial charge on any atom is 0.306 e. The molecule has 0 spiro atoms. The van der Waals surface area contributed by atoms with Gasteiger partial charge >= 0.3 is 5.97 Å². The van der Waals surface area contributed by atoms with Gasteiger partial charge in [0.25, 0.3) is 0 Å². The lowest BCUT2D eigenvalue weighted by atomic mass is 10.2. The SMILES string of the molecule is CC(C)COCCC(=O)N1CCO[C@H](CC(=O)O)C1. The highest BCUT2D eigenvalue weighted by atomic mass is 16.5. The summed E-state index contributed by atoms with van der Waals surface area (Å²) >= 11 is 0. The molecule has 0 bridgehead atoms. The van der Waals surface area contributed by atoms with Crippen LogP contribution in [0.25, 0.3) is 0 Å². The van der Waals surface area contributed by atoms with Crippen molar-refractivity contribution in [1.29, 1.82) is 0 Å². The molecule has 0 aromatic heterocycles. The minimum Gasteiger partial charge on any atom is -0.481 e. The zero-order valence-corrected chi connectivity index (χ0v) is 11.6. The van der Waals surface area contributed by atoms with E-state index in [9.17, 15) is 9.59 Å². The van der Waals surface area contributed by atoms with Crippen LogP contribution in [0, 0.1) is 5.92 Å². The number of carbonyl (C=O) groups is 2. The third-order valence-electron chi connectivity index (χ3n) is 2.81. The molecule has 1 fully saturated rings. The fourth-order valence-corrected chi connectivity index (χ4v) is 1.90. The Morgan fingerprint density at radius 3 is 2.84 bits per heavy atom. The Morgan fingerprint density at radius 1 is 1.47 bits per heavy atom. The van der Waals surface area contributed by atoms with E-state index in [0.717, 1.165) is 0 Å². The van der Waals surface area contributed by atoms with Crippen LogP contribution in [0.2, 0.25) is 0 Å². The minimum atomic E-state index is -0.903. The molecule has 19 heavy (non-hydrogen) atoms. The van der Waals surface area contributed by atoms with Gasteiger partial charge in [0.15, 0.2) is 0 Å². The smallest absolute Gasteiger partial charge is 0.306 e. The van der Waals surface area contributed by atoms with Crippen molar-refractivity contribution in [3.63, 3.8) is 0 Å². The molecule has 0 radical (unpaired) electrons. The second-order valence-electron chi connectivity index (χ2n) is 5.15. The van der Waals surface area contributed by atoms with Gasteiger partial charge in [-0.05, 0) is 5.92 Å². The molecular weight excluding hydrogens is 250 g/mol. The van der Waals surface area contributed by atoms with Crippen molar-refractivity contribution in [2.75, 3.05) is 32.9 Å². The van der Waals surface area contributed by atoms with Crippen LogP contribution in [-0.2, 0) is 19.1 Å². The molecule has 1 aliphatic heterocycles. The molecule has 110 valence electrons. The third kappa shape index (κ3) is 6.54. The first kappa shape index (κ1) is 15.9. The quantitative estimate of drug-likeness (QED) is 0.693. The highest BCUT2D eigenvalue weighted by Gasteiger charge is 2.25. The van der Waals surface area contributed by atoms with Crippen molar-refractivity contribution < 1.29 is 24.2 Å². The van der Waals surface area contributed by atoms with Crippen molar-refractivity contribution in [3.05, 3.63) is 0 Å². The van der Waals surface area contributed by atoms with E-state index in [1.807, 2.05) is 0 Å². The lowest BCUT2D eigenvalue weighted by Crippen LogP contribution is -2.46. The Labute approximate surface area is 113 Å². The Morgan fingerprint density at radius 2 is 2.21 bits per heavy atom. The number of nitrogens with zero attached hydrogens (tertiary/aromatic N) is 1. The van der Waals surface area contributed by atoms with Crippen molar-refractivity contribution in [2.45, 2.75) is 32.8 Å². The Hall–Kier alpha value is -1.14. The molecule has 1 aliphatic rings. The number of morpholine rings is 1. The van der Waals surface area contributed by atoms with E-state index in [2.05, 4.69) is 13.8 Å². The van der Waals surface area contributed by atoms with E-state index in [0.29, 0.717) is 45.2 Å². The first-order valence-corrected chi connectivity index (χ1v) is 6.68. The van der Waals surface area contributed by atoms with Gasteiger partial charge in [-0.25, -0.2) is 0 Å². The average molecular weight is 273 g/mol. The van der Waals surface area contributed by atoms with Gasteiger partial charge < -0.3 is 19.5 Å². The summed E-state index contributed by atoms with van der Waals surface area (Å²) in [5, 5.41) is 8.71. The summed E-state index contributed by atoms with van der Waals surface area (Å²) in [6, 6.07) is 0. The molecule has 1 N–H and O–H groups in total. The molecule has 0 aromatic rings. The van der Waals surface area contributed by atoms with Gasteiger partial charge in [-0.1, -0.05) is 13.8 Å². The van der Waals surface area contributed by atoms with Crippen LogP contribution in [0.5, 0.6) is 0 Å². The molecule has 1 heterocycles. The molecular formula is C13H23NO5.